The van der Waals surface area contributed by atoms with Crippen LogP contribution in [0.1, 0.15) is 6.92 Å². The monoisotopic (exact) mass is 305 g/mol. The van der Waals surface area contributed by atoms with E-state index in [4.69, 9.17) is 5.11 Å². The zero-order valence-electron chi connectivity index (χ0n) is 11.0. The van der Waals surface area contributed by atoms with Crippen molar-refractivity contribution in [2.24, 2.45) is 0 Å². The highest BCUT2D eigenvalue weighted by atomic mass is 32.2. The van der Waals surface area contributed by atoms with Gasteiger partial charge in [-0.15, -0.1) is 0 Å². The summed E-state index contributed by atoms with van der Waals surface area (Å²) in [5.41, 5.74) is 0. The van der Waals surface area contributed by atoms with Gasteiger partial charge in [0.1, 0.15) is 12.4 Å². The Morgan fingerprint density at radius 3 is 2.45 bits per heavy atom. The van der Waals surface area contributed by atoms with Crippen LogP contribution in [0.15, 0.2) is 29.2 Å². The summed E-state index contributed by atoms with van der Waals surface area (Å²) in [6.45, 7) is 0.525. The molecule has 0 radical (unpaired) electrons. The summed E-state index contributed by atoms with van der Waals surface area (Å²) in [4.78, 5) is 11.2. The van der Waals surface area contributed by atoms with Gasteiger partial charge in [-0.05, 0) is 31.2 Å². The van der Waals surface area contributed by atoms with Crippen molar-refractivity contribution >= 4 is 16.0 Å². The third-order valence-corrected chi connectivity index (χ3v) is 4.27. The standard InChI is InChI=1S/C12H16FNO5S/c1-2-19-12(16)9-14(7-8-15)20(17,18)11-5-3-10(13)4-6-11/h3-6,15H,2,7-9H2,1H3. The molecule has 6 nitrogen and oxygen atoms in total. The Hall–Kier alpha value is -1.51. The third-order valence-electron chi connectivity index (χ3n) is 2.41. The number of aliphatic hydroxyl groups excluding tert-OH is 1. The minimum atomic E-state index is -3.99. The molecule has 20 heavy (non-hydrogen) atoms. The van der Waals surface area contributed by atoms with E-state index in [2.05, 4.69) is 4.74 Å². The van der Waals surface area contributed by atoms with Crippen LogP contribution in [-0.4, -0.2) is 50.1 Å². The van der Waals surface area contributed by atoms with Crippen molar-refractivity contribution in [3.8, 4) is 0 Å². The highest BCUT2D eigenvalue weighted by molar-refractivity contribution is 7.89. The smallest absolute Gasteiger partial charge is 0.321 e. The molecule has 1 aromatic rings. The van der Waals surface area contributed by atoms with E-state index in [1.54, 1.807) is 6.92 Å². The molecule has 0 saturated carbocycles. The van der Waals surface area contributed by atoms with E-state index in [9.17, 15) is 17.6 Å². The Morgan fingerprint density at radius 2 is 1.95 bits per heavy atom. The van der Waals surface area contributed by atoms with E-state index in [-0.39, 0.29) is 18.0 Å². The number of aliphatic hydroxyl groups is 1. The first-order chi connectivity index (χ1) is 9.41. The van der Waals surface area contributed by atoms with Gasteiger partial charge in [0.25, 0.3) is 0 Å². The van der Waals surface area contributed by atoms with Gasteiger partial charge in [-0.25, -0.2) is 12.8 Å². The largest absolute Gasteiger partial charge is 0.465 e. The quantitative estimate of drug-likeness (QED) is 0.736. The Balaban J connectivity index is 2.99. The summed E-state index contributed by atoms with van der Waals surface area (Å²) in [6, 6.07) is 4.21. The second-order valence-corrected chi connectivity index (χ2v) is 5.76. The number of esters is 1. The zero-order valence-corrected chi connectivity index (χ0v) is 11.8. The fraction of sp³-hybridized carbons (Fsp3) is 0.417. The molecule has 0 bridgehead atoms. The molecule has 1 N–H and O–H groups in total. The number of halogens is 1. The number of nitrogens with zero attached hydrogens (tertiary/aromatic N) is 1. The normalized spacial score (nSPS) is 11.6. The first kappa shape index (κ1) is 16.5. The molecule has 0 spiro atoms. The summed E-state index contributed by atoms with van der Waals surface area (Å²) >= 11 is 0. The van der Waals surface area contributed by atoms with Crippen molar-refractivity contribution in [3.05, 3.63) is 30.1 Å². The van der Waals surface area contributed by atoms with Gasteiger partial charge >= 0.3 is 5.97 Å². The molecule has 0 aliphatic heterocycles. The van der Waals surface area contributed by atoms with E-state index < -0.39 is 35.0 Å². The minimum Gasteiger partial charge on any atom is -0.465 e. The number of ether oxygens (including phenoxy) is 1. The van der Waals surface area contributed by atoms with E-state index >= 15 is 0 Å². The van der Waals surface area contributed by atoms with Crippen LogP contribution in [0.3, 0.4) is 0 Å². The molecule has 112 valence electrons. The van der Waals surface area contributed by atoms with E-state index in [0.717, 1.165) is 28.6 Å². The highest BCUT2D eigenvalue weighted by Crippen LogP contribution is 2.16. The average molecular weight is 305 g/mol. The van der Waals surface area contributed by atoms with Crippen LogP contribution in [0.25, 0.3) is 0 Å². The molecule has 0 aromatic heterocycles. The topological polar surface area (TPSA) is 83.9 Å². The lowest BCUT2D eigenvalue weighted by Gasteiger charge is -2.20. The molecule has 1 aromatic carbocycles. The van der Waals surface area contributed by atoms with Crippen LogP contribution in [0.5, 0.6) is 0 Å². The molecule has 0 heterocycles. The third kappa shape index (κ3) is 4.26. The fourth-order valence-electron chi connectivity index (χ4n) is 1.50. The van der Waals surface area contributed by atoms with E-state index in [1.165, 1.54) is 0 Å². The van der Waals surface area contributed by atoms with Gasteiger partial charge in [-0.2, -0.15) is 4.31 Å². The summed E-state index contributed by atoms with van der Waals surface area (Å²) < 4.78 is 42.8. The molecule has 0 unspecified atom stereocenters. The average Bonchev–Trinajstić information content (AvgIpc) is 2.39. The van der Waals surface area contributed by atoms with Gasteiger partial charge in [0, 0.05) is 6.54 Å². The van der Waals surface area contributed by atoms with Crippen LogP contribution in [0.4, 0.5) is 4.39 Å². The van der Waals surface area contributed by atoms with Crippen LogP contribution < -0.4 is 0 Å². The number of benzene rings is 1. The lowest BCUT2D eigenvalue weighted by atomic mass is 10.4. The molecule has 1 rings (SSSR count). The molecular weight excluding hydrogens is 289 g/mol. The van der Waals surface area contributed by atoms with Crippen LogP contribution in [0, 0.1) is 5.82 Å². The lowest BCUT2D eigenvalue weighted by molar-refractivity contribution is -0.143. The Bertz CT molecular complexity index is 543. The second kappa shape index (κ2) is 7.32. The summed E-state index contributed by atoms with van der Waals surface area (Å²) in [7, 11) is -3.99. The van der Waals surface area contributed by atoms with Gasteiger partial charge < -0.3 is 9.84 Å². The van der Waals surface area contributed by atoms with Crippen molar-refractivity contribution in [2.45, 2.75) is 11.8 Å². The summed E-state index contributed by atoms with van der Waals surface area (Å²) in [5, 5.41) is 8.92. The molecule has 0 aliphatic rings. The molecular formula is C12H16FNO5S. The van der Waals surface area contributed by atoms with E-state index in [1.807, 2.05) is 0 Å². The Morgan fingerprint density at radius 1 is 1.35 bits per heavy atom. The lowest BCUT2D eigenvalue weighted by Crippen LogP contribution is -2.38. The number of hydrogen-bond acceptors (Lipinski definition) is 5. The molecule has 8 heteroatoms. The molecule has 0 saturated heterocycles. The Kier molecular flexibility index (Phi) is 6.05. The van der Waals surface area contributed by atoms with Gasteiger partial charge in [-0.1, -0.05) is 0 Å². The van der Waals surface area contributed by atoms with Gasteiger partial charge in [0.05, 0.1) is 18.1 Å². The van der Waals surface area contributed by atoms with Crippen molar-refractivity contribution in [1.82, 2.24) is 4.31 Å². The zero-order chi connectivity index (χ0) is 15.2. The second-order valence-electron chi connectivity index (χ2n) is 3.82. The maximum absolute atomic E-state index is 12.8. The first-order valence-corrected chi connectivity index (χ1v) is 7.38. The van der Waals surface area contributed by atoms with E-state index in [0.29, 0.717) is 0 Å². The van der Waals surface area contributed by atoms with Crippen LogP contribution in [0.2, 0.25) is 0 Å². The number of rotatable bonds is 7. The molecule has 0 fully saturated rings. The minimum absolute atomic E-state index is 0.127. The van der Waals surface area contributed by atoms with Crippen LogP contribution >= 0.6 is 0 Å². The van der Waals surface area contributed by atoms with Crippen molar-refractivity contribution in [1.29, 1.82) is 0 Å². The first-order valence-electron chi connectivity index (χ1n) is 5.94. The Labute approximate surface area is 116 Å². The van der Waals surface area contributed by atoms with Crippen LogP contribution in [-0.2, 0) is 19.6 Å². The van der Waals surface area contributed by atoms with Gasteiger partial charge in [0.15, 0.2) is 0 Å². The predicted octanol–water partition coefficient (Wildman–Crippen LogP) is 0.372. The maximum atomic E-state index is 12.8. The van der Waals surface area contributed by atoms with Gasteiger partial charge in [0.2, 0.25) is 10.0 Å². The molecule has 0 amide bonds. The highest BCUT2D eigenvalue weighted by Gasteiger charge is 2.26. The van der Waals surface area contributed by atoms with Crippen molar-refractivity contribution in [3.63, 3.8) is 0 Å². The summed E-state index contributed by atoms with van der Waals surface area (Å²) in [6.07, 6.45) is 0. The maximum Gasteiger partial charge on any atom is 0.321 e. The number of sulfonamides is 1. The van der Waals surface area contributed by atoms with Crippen molar-refractivity contribution < 1.29 is 27.4 Å². The number of hydrogen-bond donors (Lipinski definition) is 1. The fourth-order valence-corrected chi connectivity index (χ4v) is 2.88. The van der Waals surface area contributed by atoms with Gasteiger partial charge in [-0.3, -0.25) is 4.79 Å². The molecule has 0 aliphatic carbocycles. The summed E-state index contributed by atoms with van der Waals surface area (Å²) in [5.74, 6) is -1.28. The van der Waals surface area contributed by atoms with Crippen molar-refractivity contribution in [2.75, 3.05) is 26.3 Å². The number of carbonyl (C=O) groups is 1. The predicted molar refractivity (Wildman–Crippen MR) is 68.9 cm³/mol. The SMILES string of the molecule is CCOC(=O)CN(CCO)S(=O)(=O)c1ccc(F)cc1. The molecule has 0 atom stereocenters. The number of carbonyl (C=O) groups excluding carboxylic acids is 1.